The Kier molecular flexibility index (Phi) is 4.19. The molecule has 1 aliphatic heterocycles. The third-order valence-corrected chi connectivity index (χ3v) is 6.58. The zero-order valence-electron chi connectivity index (χ0n) is 12.7. The summed E-state index contributed by atoms with van der Waals surface area (Å²) in [6.45, 7) is 4.61. The molecule has 0 amide bonds. The van der Waals surface area contributed by atoms with Gasteiger partial charge >= 0.3 is 0 Å². The summed E-state index contributed by atoms with van der Waals surface area (Å²) in [5.74, 6) is 1.85. The van der Waals surface area contributed by atoms with E-state index in [-0.39, 0.29) is 0 Å². The molecule has 2 saturated carbocycles. The number of rotatable bonds is 3. The van der Waals surface area contributed by atoms with Crippen molar-refractivity contribution in [1.29, 1.82) is 0 Å². The van der Waals surface area contributed by atoms with E-state index in [1.165, 1.54) is 70.8 Å². The average molecular weight is 264 g/mol. The topological polar surface area (TPSA) is 29.3 Å². The van der Waals surface area contributed by atoms with Gasteiger partial charge in [-0.05, 0) is 56.9 Å². The number of likely N-dealkylation sites (tertiary alicyclic amines) is 1. The Balaban J connectivity index is 1.86. The number of hydrogen-bond acceptors (Lipinski definition) is 2. The minimum atomic E-state index is 0.362. The highest BCUT2D eigenvalue weighted by atomic mass is 15.3. The van der Waals surface area contributed by atoms with Gasteiger partial charge in [-0.2, -0.15) is 0 Å². The van der Waals surface area contributed by atoms with Crippen molar-refractivity contribution in [2.45, 2.75) is 82.7 Å². The number of nitrogens with zero attached hydrogens (tertiary/aromatic N) is 1. The van der Waals surface area contributed by atoms with E-state index >= 15 is 0 Å². The molecular weight excluding hydrogens is 232 g/mol. The highest BCUT2D eigenvalue weighted by Gasteiger charge is 2.49. The molecule has 2 nitrogen and oxygen atoms in total. The average Bonchev–Trinajstić information content (AvgIpc) is 2.95. The summed E-state index contributed by atoms with van der Waals surface area (Å²) in [6, 6.07) is 0.879. The Morgan fingerprint density at radius 2 is 1.89 bits per heavy atom. The number of piperidine rings is 1. The minimum absolute atomic E-state index is 0.362. The van der Waals surface area contributed by atoms with Crippen LogP contribution in [0.25, 0.3) is 0 Å². The van der Waals surface area contributed by atoms with Gasteiger partial charge in [0.05, 0.1) is 0 Å². The smallest absolute Gasteiger partial charge is 0.0362 e. The first kappa shape index (κ1) is 13.9. The van der Waals surface area contributed by atoms with Crippen molar-refractivity contribution in [2.24, 2.45) is 17.6 Å². The van der Waals surface area contributed by atoms with Crippen molar-refractivity contribution in [2.75, 3.05) is 13.1 Å². The molecule has 19 heavy (non-hydrogen) atoms. The molecule has 110 valence electrons. The van der Waals surface area contributed by atoms with Crippen molar-refractivity contribution < 1.29 is 0 Å². The second kappa shape index (κ2) is 5.73. The van der Waals surface area contributed by atoms with Crippen molar-refractivity contribution in [3.63, 3.8) is 0 Å². The Morgan fingerprint density at radius 3 is 2.68 bits per heavy atom. The van der Waals surface area contributed by atoms with Gasteiger partial charge in [0, 0.05) is 18.1 Å². The lowest BCUT2D eigenvalue weighted by atomic mass is 9.68. The molecular formula is C17H32N2. The zero-order valence-corrected chi connectivity index (χ0v) is 12.7. The summed E-state index contributed by atoms with van der Waals surface area (Å²) in [5.41, 5.74) is 6.74. The summed E-state index contributed by atoms with van der Waals surface area (Å²) < 4.78 is 0. The van der Waals surface area contributed by atoms with Crippen LogP contribution in [0.5, 0.6) is 0 Å². The second-order valence-corrected chi connectivity index (χ2v) is 7.25. The molecule has 2 N–H and O–H groups in total. The summed E-state index contributed by atoms with van der Waals surface area (Å²) in [4.78, 5) is 2.93. The van der Waals surface area contributed by atoms with Gasteiger partial charge in [-0.3, -0.25) is 4.90 Å². The maximum atomic E-state index is 6.38. The van der Waals surface area contributed by atoms with Gasteiger partial charge in [-0.25, -0.2) is 0 Å². The van der Waals surface area contributed by atoms with E-state index in [9.17, 15) is 0 Å². The summed E-state index contributed by atoms with van der Waals surface area (Å²) >= 11 is 0. The van der Waals surface area contributed by atoms with Crippen molar-refractivity contribution in [3.8, 4) is 0 Å². The molecule has 0 spiro atoms. The molecule has 0 radical (unpaired) electrons. The molecule has 3 aliphatic rings. The van der Waals surface area contributed by atoms with Crippen LogP contribution in [-0.2, 0) is 0 Å². The minimum Gasteiger partial charge on any atom is -0.329 e. The van der Waals surface area contributed by atoms with Crippen molar-refractivity contribution in [1.82, 2.24) is 4.90 Å². The first-order valence-corrected chi connectivity index (χ1v) is 8.78. The van der Waals surface area contributed by atoms with Crippen LogP contribution in [0.4, 0.5) is 0 Å². The van der Waals surface area contributed by atoms with Crippen LogP contribution in [0, 0.1) is 11.8 Å². The van der Waals surface area contributed by atoms with Crippen LogP contribution in [0.15, 0.2) is 0 Å². The summed E-state index contributed by atoms with van der Waals surface area (Å²) in [5, 5.41) is 0. The predicted octanol–water partition coefficient (Wildman–Crippen LogP) is 3.55. The van der Waals surface area contributed by atoms with E-state index in [1.54, 1.807) is 0 Å². The van der Waals surface area contributed by atoms with Crippen molar-refractivity contribution >= 4 is 0 Å². The van der Waals surface area contributed by atoms with Crippen LogP contribution >= 0.6 is 0 Å². The molecule has 0 bridgehead atoms. The van der Waals surface area contributed by atoms with Crippen LogP contribution < -0.4 is 5.73 Å². The van der Waals surface area contributed by atoms with Crippen LogP contribution in [0.2, 0.25) is 0 Å². The molecule has 3 rings (SSSR count). The predicted molar refractivity (Wildman–Crippen MR) is 81.1 cm³/mol. The molecule has 3 fully saturated rings. The summed E-state index contributed by atoms with van der Waals surface area (Å²) in [6.07, 6.45) is 14.2. The molecule has 0 aromatic carbocycles. The molecule has 0 aromatic rings. The molecule has 4 atom stereocenters. The molecule has 1 heterocycles. The van der Waals surface area contributed by atoms with E-state index < -0.39 is 0 Å². The molecule has 4 unspecified atom stereocenters. The standard InChI is InChI=1S/C17H32N2/c1-2-15-9-3-4-11-17(15,13-18)19-12-6-8-14-7-5-10-16(14)19/h14-16H,2-13,18H2,1H3. The highest BCUT2D eigenvalue weighted by molar-refractivity contribution is 5.05. The van der Waals surface area contributed by atoms with E-state index in [1.807, 2.05) is 0 Å². The second-order valence-electron chi connectivity index (χ2n) is 7.25. The van der Waals surface area contributed by atoms with Gasteiger partial charge in [-0.15, -0.1) is 0 Å². The first-order chi connectivity index (χ1) is 9.31. The SMILES string of the molecule is CCC1CCCCC1(CN)N1CCCC2CCCC21. The maximum absolute atomic E-state index is 6.38. The fourth-order valence-electron chi connectivity index (χ4n) is 5.65. The van der Waals surface area contributed by atoms with Gasteiger partial charge in [0.1, 0.15) is 0 Å². The highest BCUT2D eigenvalue weighted by Crippen LogP contribution is 2.47. The Morgan fingerprint density at radius 1 is 1.05 bits per heavy atom. The van der Waals surface area contributed by atoms with E-state index in [0.29, 0.717) is 5.54 Å². The van der Waals surface area contributed by atoms with Gasteiger partial charge in [0.15, 0.2) is 0 Å². The van der Waals surface area contributed by atoms with Gasteiger partial charge in [0.2, 0.25) is 0 Å². The van der Waals surface area contributed by atoms with E-state index in [0.717, 1.165) is 24.4 Å². The van der Waals surface area contributed by atoms with Gasteiger partial charge < -0.3 is 5.73 Å². The number of fused-ring (bicyclic) bond motifs is 1. The lowest BCUT2D eigenvalue weighted by molar-refractivity contribution is -0.0537. The largest absolute Gasteiger partial charge is 0.329 e. The Bertz CT molecular complexity index is 304. The quantitative estimate of drug-likeness (QED) is 0.844. The summed E-state index contributed by atoms with van der Waals surface area (Å²) in [7, 11) is 0. The maximum Gasteiger partial charge on any atom is 0.0362 e. The van der Waals surface area contributed by atoms with Crippen LogP contribution in [0.3, 0.4) is 0 Å². The molecule has 0 aromatic heterocycles. The fourth-order valence-corrected chi connectivity index (χ4v) is 5.65. The van der Waals surface area contributed by atoms with Crippen molar-refractivity contribution in [3.05, 3.63) is 0 Å². The Hall–Kier alpha value is -0.0800. The van der Waals surface area contributed by atoms with Crippen LogP contribution in [0.1, 0.15) is 71.1 Å². The third kappa shape index (κ3) is 2.25. The van der Waals surface area contributed by atoms with Gasteiger partial charge in [-0.1, -0.05) is 32.6 Å². The van der Waals surface area contributed by atoms with Gasteiger partial charge in [0.25, 0.3) is 0 Å². The Labute approximate surface area is 119 Å². The normalized spacial score (nSPS) is 44.2. The monoisotopic (exact) mass is 264 g/mol. The fraction of sp³-hybridized carbons (Fsp3) is 1.00. The van der Waals surface area contributed by atoms with Crippen LogP contribution in [-0.4, -0.2) is 29.6 Å². The zero-order chi connectivity index (χ0) is 13.3. The lowest BCUT2D eigenvalue weighted by Gasteiger charge is -2.56. The van der Waals surface area contributed by atoms with E-state index in [2.05, 4.69) is 11.8 Å². The van der Waals surface area contributed by atoms with E-state index in [4.69, 9.17) is 5.73 Å². The molecule has 1 saturated heterocycles. The molecule has 2 aliphatic carbocycles. The molecule has 2 heteroatoms. The third-order valence-electron chi connectivity index (χ3n) is 6.58. The first-order valence-electron chi connectivity index (χ1n) is 8.78. The number of hydrogen-bond donors (Lipinski definition) is 1. The lowest BCUT2D eigenvalue weighted by Crippen LogP contribution is -2.64. The number of nitrogens with two attached hydrogens (primary N) is 1.